The summed E-state index contributed by atoms with van der Waals surface area (Å²) >= 11 is 0. The molecule has 22 heteroatoms. The van der Waals surface area contributed by atoms with Crippen molar-refractivity contribution in [2.24, 2.45) is 0 Å². The zero-order chi connectivity index (χ0) is 41.7. The molecule has 2 aliphatic heterocycles. The summed E-state index contributed by atoms with van der Waals surface area (Å²) in [6, 6.07) is 6.22. The van der Waals surface area contributed by atoms with Crippen molar-refractivity contribution in [2.75, 3.05) is 12.0 Å². The molecule has 0 bridgehead atoms. The standard InChI is InChI=1S/C33H34N2O20/c1-25(2)20-11-14(34-30(47,48)26(39,40)27(41,42)31(34,49)50)5-8-17(20)22(19-10-13(23(36)37)4-7-16(19)24(38)55-3)18-9-6-15(12-21(18)25)35-32(51,52)28(43,44)29(45,46)33(35,53)54/h4-12,39-54H,1-3H3/p+1. The summed E-state index contributed by atoms with van der Waals surface area (Å²) in [6.45, 7) is 2.83. The van der Waals surface area contributed by atoms with E-state index in [0.717, 1.165) is 61.7 Å². The number of allylic oxidation sites excluding steroid dienone is 5. The maximum atomic E-state index is 13.1. The van der Waals surface area contributed by atoms with E-state index < -0.39 is 75.5 Å². The number of fused-ring (bicyclic) bond motifs is 2. The van der Waals surface area contributed by atoms with Crippen molar-refractivity contribution in [1.29, 1.82) is 0 Å². The van der Waals surface area contributed by atoms with E-state index in [9.17, 15) is 96.4 Å². The average molecular weight is 780 g/mol. The van der Waals surface area contributed by atoms with E-state index in [4.69, 9.17) is 4.74 Å². The number of anilines is 1. The van der Waals surface area contributed by atoms with Crippen LogP contribution in [-0.4, -0.2) is 163 Å². The lowest BCUT2D eigenvalue weighted by Gasteiger charge is -2.41. The summed E-state index contributed by atoms with van der Waals surface area (Å²) in [6.07, 6.45) is 2.98. The first-order valence-electron chi connectivity index (χ1n) is 15.6. The Hall–Kier alpha value is -4.57. The molecule has 0 saturated carbocycles. The zero-order valence-electron chi connectivity index (χ0n) is 28.4. The fourth-order valence-electron chi connectivity index (χ4n) is 7.28. The Balaban J connectivity index is 1.74. The van der Waals surface area contributed by atoms with Gasteiger partial charge in [0.2, 0.25) is 5.71 Å². The molecule has 0 aromatic heterocycles. The van der Waals surface area contributed by atoms with Crippen LogP contribution in [0.5, 0.6) is 0 Å². The number of carbonyl (C=O) groups excluding carboxylic acids is 1. The second-order valence-electron chi connectivity index (χ2n) is 13.9. The predicted octanol–water partition coefficient (Wildman–Crippen LogP) is -6.67. The van der Waals surface area contributed by atoms with Crippen molar-refractivity contribution >= 4 is 28.9 Å². The van der Waals surface area contributed by atoms with Crippen LogP contribution in [0.15, 0.2) is 65.8 Å². The summed E-state index contributed by atoms with van der Waals surface area (Å²) in [5.74, 6) is -37.5. The first-order valence-corrected chi connectivity index (χ1v) is 15.6. The summed E-state index contributed by atoms with van der Waals surface area (Å²) < 4.78 is 4.51. The third-order valence-electron chi connectivity index (χ3n) is 10.4. The highest BCUT2D eigenvalue weighted by Gasteiger charge is 2.90. The van der Waals surface area contributed by atoms with Crippen LogP contribution in [0.3, 0.4) is 0 Å². The van der Waals surface area contributed by atoms with Crippen LogP contribution < -0.4 is 4.90 Å². The van der Waals surface area contributed by atoms with Crippen molar-refractivity contribution in [2.45, 2.75) is 66.1 Å². The normalized spacial score (nSPS) is 25.3. The van der Waals surface area contributed by atoms with E-state index >= 15 is 0 Å². The third kappa shape index (κ3) is 4.66. The average Bonchev–Trinajstić information content (AvgIpc) is 3.19. The second-order valence-corrected chi connectivity index (χ2v) is 13.9. The largest absolute Gasteiger partial charge is 0.478 e. The molecule has 0 radical (unpaired) electrons. The highest BCUT2D eigenvalue weighted by atomic mass is 16.7. The van der Waals surface area contributed by atoms with E-state index in [1.165, 1.54) is 13.8 Å². The van der Waals surface area contributed by atoms with E-state index in [1.54, 1.807) is 0 Å². The van der Waals surface area contributed by atoms with Crippen LogP contribution in [0.2, 0.25) is 0 Å². The summed E-state index contributed by atoms with van der Waals surface area (Å²) in [5, 5.41) is 178. The molecule has 2 saturated heterocycles. The van der Waals surface area contributed by atoms with Crippen LogP contribution in [0.1, 0.15) is 51.3 Å². The quantitative estimate of drug-likeness (QED) is 0.0779. The van der Waals surface area contributed by atoms with Gasteiger partial charge in [0.05, 0.1) is 18.2 Å². The monoisotopic (exact) mass is 779 g/mol. The molecular weight excluding hydrogens is 744 g/mol. The van der Waals surface area contributed by atoms with Gasteiger partial charge in [0, 0.05) is 23.3 Å². The Kier molecular flexibility index (Phi) is 8.22. The highest BCUT2D eigenvalue weighted by molar-refractivity contribution is 6.09. The molecule has 22 nitrogen and oxygen atoms in total. The molecule has 0 unspecified atom stereocenters. The number of hydrogen-bond donors (Lipinski definition) is 17. The number of benzene rings is 2. The van der Waals surface area contributed by atoms with Gasteiger partial charge in [0.15, 0.2) is 0 Å². The summed E-state index contributed by atoms with van der Waals surface area (Å²) in [4.78, 5) is 24.8. The van der Waals surface area contributed by atoms with Gasteiger partial charge in [0.25, 0.3) is 0 Å². The van der Waals surface area contributed by atoms with Gasteiger partial charge < -0.3 is 91.5 Å². The summed E-state index contributed by atoms with van der Waals surface area (Å²) in [7, 11) is 1.02. The van der Waals surface area contributed by atoms with Gasteiger partial charge in [-0.15, -0.1) is 4.58 Å². The molecule has 296 valence electrons. The second kappa shape index (κ2) is 11.3. The van der Waals surface area contributed by atoms with Gasteiger partial charge >= 0.3 is 58.7 Å². The number of carbonyl (C=O) groups is 2. The Morgan fingerprint density at radius 2 is 1.20 bits per heavy atom. The molecule has 0 atom stereocenters. The molecule has 6 rings (SSSR count). The number of esters is 1. The minimum Gasteiger partial charge on any atom is -0.478 e. The van der Waals surface area contributed by atoms with Crippen molar-refractivity contribution in [3.63, 3.8) is 0 Å². The van der Waals surface area contributed by atoms with Crippen molar-refractivity contribution in [3.05, 3.63) is 93.6 Å². The Morgan fingerprint density at radius 3 is 1.69 bits per heavy atom. The van der Waals surface area contributed by atoms with Gasteiger partial charge in [-0.1, -0.05) is 19.9 Å². The molecule has 2 aromatic carbocycles. The molecule has 2 aromatic rings. The number of aliphatic hydroxyl groups is 16. The van der Waals surface area contributed by atoms with Crippen LogP contribution in [0, 0.1) is 0 Å². The molecule has 2 heterocycles. The third-order valence-corrected chi connectivity index (χ3v) is 10.4. The van der Waals surface area contributed by atoms with E-state index in [-0.39, 0.29) is 54.0 Å². The van der Waals surface area contributed by atoms with Gasteiger partial charge in [-0.3, -0.25) is 4.90 Å². The number of carboxylic acid groups (broad SMARTS) is 1. The lowest BCUT2D eigenvalue weighted by atomic mass is 9.64. The minimum absolute atomic E-state index is 0.0512. The van der Waals surface area contributed by atoms with Crippen LogP contribution in [-0.2, 0) is 10.2 Å². The van der Waals surface area contributed by atoms with Crippen molar-refractivity contribution < 1.29 is 106 Å². The topological polar surface area (TPSA) is 394 Å². The number of rotatable bonds is 4. The van der Waals surface area contributed by atoms with Crippen molar-refractivity contribution in [3.8, 4) is 0 Å². The van der Waals surface area contributed by atoms with Gasteiger partial charge in [0.1, 0.15) is 0 Å². The lowest BCUT2D eigenvalue weighted by Crippen LogP contribution is -2.66. The van der Waals surface area contributed by atoms with Gasteiger partial charge in [-0.25, -0.2) is 9.59 Å². The van der Waals surface area contributed by atoms with Crippen LogP contribution in [0.4, 0.5) is 5.69 Å². The molecule has 17 N–H and O–H groups in total. The Morgan fingerprint density at radius 1 is 0.673 bits per heavy atom. The number of aromatic carboxylic acids is 1. The van der Waals surface area contributed by atoms with E-state index in [2.05, 4.69) is 0 Å². The maximum Gasteiger partial charge on any atom is 0.449 e. The van der Waals surface area contributed by atoms with Crippen LogP contribution in [0.25, 0.3) is 5.57 Å². The Bertz CT molecular complexity index is 2150. The number of nitrogens with zero attached hydrogens (tertiary/aromatic N) is 2. The number of hydrogen-bond acceptors (Lipinski definition) is 20. The van der Waals surface area contributed by atoms with E-state index in [1.807, 2.05) is 0 Å². The predicted molar refractivity (Wildman–Crippen MR) is 173 cm³/mol. The molecule has 2 aliphatic carbocycles. The van der Waals surface area contributed by atoms with Crippen LogP contribution >= 0.6 is 0 Å². The molecule has 55 heavy (non-hydrogen) atoms. The minimum atomic E-state index is -4.48. The first kappa shape index (κ1) is 40.1. The number of methoxy groups -OCH3 is 1. The molecule has 0 spiro atoms. The molecule has 0 amide bonds. The fraction of sp³-hybridized carbons (Fsp3) is 0.364. The molecule has 2 fully saturated rings. The van der Waals surface area contributed by atoms with Gasteiger partial charge in [-0.05, 0) is 69.8 Å². The smallest absolute Gasteiger partial charge is 0.449 e. The fourth-order valence-corrected chi connectivity index (χ4v) is 7.28. The number of ether oxygens (including phenoxy) is 1. The maximum absolute atomic E-state index is 13.1. The molecule has 4 aliphatic rings. The SMILES string of the molecule is COC(=O)c1ccc(C(=O)O)cc1C1=C2C=CC(=[N+]3C(O)(O)C(O)(O)C(O)(O)C3(O)O)C=C2C(C)(C)c2cc(N3C(O)(O)C(O)(O)C(O)(O)C3(O)O)ccc21. The summed E-state index contributed by atoms with van der Waals surface area (Å²) in [5.41, 5.74) is -4.08. The number of carboxylic acids is 1. The lowest BCUT2D eigenvalue weighted by molar-refractivity contribution is -0.816. The first-order chi connectivity index (χ1) is 24.8. The highest BCUT2D eigenvalue weighted by Crippen LogP contribution is 2.55. The molecular formula is C33H35N2O20+. The Labute approximate surface area is 306 Å². The van der Waals surface area contributed by atoms with Crippen molar-refractivity contribution in [1.82, 2.24) is 0 Å². The van der Waals surface area contributed by atoms with E-state index in [0.29, 0.717) is 0 Å². The van der Waals surface area contributed by atoms with Gasteiger partial charge in [-0.2, -0.15) is 0 Å². The zero-order valence-corrected chi connectivity index (χ0v) is 28.4.